The molecule has 6 nitrogen and oxygen atoms in total. The first-order chi connectivity index (χ1) is 23.4. The molecule has 0 aromatic heterocycles. The van der Waals surface area contributed by atoms with E-state index in [9.17, 15) is 14.4 Å². The van der Waals surface area contributed by atoms with Crippen molar-refractivity contribution in [2.45, 2.75) is 233 Å². The van der Waals surface area contributed by atoms with Gasteiger partial charge in [0.1, 0.15) is 13.2 Å². The van der Waals surface area contributed by atoms with Gasteiger partial charge in [-0.15, -0.1) is 0 Å². The van der Waals surface area contributed by atoms with Crippen molar-refractivity contribution in [1.29, 1.82) is 0 Å². The van der Waals surface area contributed by atoms with Gasteiger partial charge >= 0.3 is 17.9 Å². The molecule has 0 fully saturated rings. The maximum Gasteiger partial charge on any atom is 0.306 e. The highest BCUT2D eigenvalue weighted by molar-refractivity contribution is 5.71. The van der Waals surface area contributed by atoms with Gasteiger partial charge in [-0.05, 0) is 25.2 Å². The van der Waals surface area contributed by atoms with Gasteiger partial charge in [0.25, 0.3) is 0 Å². The van der Waals surface area contributed by atoms with Crippen molar-refractivity contribution in [3.8, 4) is 0 Å². The third-order valence-corrected chi connectivity index (χ3v) is 9.29. The minimum Gasteiger partial charge on any atom is -0.462 e. The number of hydrogen-bond donors (Lipinski definition) is 0. The Morgan fingerprint density at radius 2 is 0.688 bits per heavy atom. The van der Waals surface area contributed by atoms with Gasteiger partial charge in [-0.1, -0.05) is 188 Å². The molecular formula is C42H80O6. The van der Waals surface area contributed by atoms with Gasteiger partial charge < -0.3 is 14.2 Å². The average Bonchev–Trinajstić information content (AvgIpc) is 3.06. The molecular weight excluding hydrogens is 600 g/mol. The van der Waals surface area contributed by atoms with Gasteiger partial charge in [0, 0.05) is 19.3 Å². The number of esters is 3. The van der Waals surface area contributed by atoms with Gasteiger partial charge in [-0.2, -0.15) is 0 Å². The normalized spacial score (nSPS) is 11.9. The van der Waals surface area contributed by atoms with Crippen LogP contribution in [0.3, 0.4) is 0 Å². The second-order valence-corrected chi connectivity index (χ2v) is 14.7. The van der Waals surface area contributed by atoms with E-state index in [1.54, 1.807) is 0 Å². The lowest BCUT2D eigenvalue weighted by molar-refractivity contribution is -0.167. The third kappa shape index (κ3) is 35.7. The predicted molar refractivity (Wildman–Crippen MR) is 201 cm³/mol. The molecule has 284 valence electrons. The molecule has 48 heavy (non-hydrogen) atoms. The van der Waals surface area contributed by atoms with Crippen molar-refractivity contribution in [2.75, 3.05) is 13.2 Å². The van der Waals surface area contributed by atoms with Crippen molar-refractivity contribution in [3.63, 3.8) is 0 Å². The Morgan fingerprint density at radius 1 is 0.396 bits per heavy atom. The van der Waals surface area contributed by atoms with Crippen LogP contribution < -0.4 is 0 Å². The van der Waals surface area contributed by atoms with Gasteiger partial charge in [-0.25, -0.2) is 0 Å². The molecule has 0 bridgehead atoms. The lowest BCUT2D eigenvalue weighted by atomic mass is 10.0. The fourth-order valence-corrected chi connectivity index (χ4v) is 6.10. The molecule has 0 saturated heterocycles. The van der Waals surface area contributed by atoms with Crippen molar-refractivity contribution in [1.82, 2.24) is 0 Å². The second kappa shape index (κ2) is 36.7. The Labute approximate surface area is 298 Å². The Bertz CT molecular complexity index is 721. The summed E-state index contributed by atoms with van der Waals surface area (Å²) >= 11 is 0. The van der Waals surface area contributed by atoms with Gasteiger partial charge in [0.05, 0.1) is 0 Å². The maximum absolute atomic E-state index is 12.6. The molecule has 0 heterocycles. The zero-order chi connectivity index (χ0) is 35.3. The third-order valence-electron chi connectivity index (χ3n) is 9.29. The number of carbonyl (C=O) groups excluding carboxylic acids is 3. The van der Waals surface area contributed by atoms with Crippen LogP contribution in [0.5, 0.6) is 0 Å². The smallest absolute Gasteiger partial charge is 0.306 e. The molecule has 0 aromatic rings. The number of rotatable bonds is 37. The first-order valence-electron chi connectivity index (χ1n) is 20.9. The van der Waals surface area contributed by atoms with Crippen molar-refractivity contribution in [3.05, 3.63) is 0 Å². The second-order valence-electron chi connectivity index (χ2n) is 14.7. The Balaban J connectivity index is 4.11. The highest BCUT2D eigenvalue weighted by atomic mass is 16.6. The van der Waals surface area contributed by atoms with Crippen LogP contribution in [0.25, 0.3) is 0 Å². The summed E-state index contributed by atoms with van der Waals surface area (Å²) in [5.74, 6) is -0.0321. The minimum absolute atomic E-state index is 0.0662. The van der Waals surface area contributed by atoms with Crippen LogP contribution in [0.15, 0.2) is 0 Å². The molecule has 0 aliphatic carbocycles. The fourth-order valence-electron chi connectivity index (χ4n) is 6.10. The Morgan fingerprint density at radius 3 is 1.02 bits per heavy atom. The Hall–Kier alpha value is -1.59. The van der Waals surface area contributed by atoms with E-state index in [0.29, 0.717) is 19.3 Å². The zero-order valence-electron chi connectivity index (χ0n) is 32.4. The molecule has 0 aliphatic rings. The quantitative estimate of drug-likeness (QED) is 0.0369. The molecule has 0 spiro atoms. The molecule has 0 N–H and O–H groups in total. The fraction of sp³-hybridized carbons (Fsp3) is 0.929. The molecule has 0 rings (SSSR count). The summed E-state index contributed by atoms with van der Waals surface area (Å²) in [4.78, 5) is 37.2. The lowest BCUT2D eigenvalue weighted by Crippen LogP contribution is -2.30. The maximum atomic E-state index is 12.6. The highest BCUT2D eigenvalue weighted by Crippen LogP contribution is 2.16. The summed E-state index contributed by atoms with van der Waals surface area (Å²) < 4.78 is 16.5. The van der Waals surface area contributed by atoms with Crippen LogP contribution in [0.2, 0.25) is 0 Å². The number of carbonyl (C=O) groups is 3. The topological polar surface area (TPSA) is 78.9 Å². The zero-order valence-corrected chi connectivity index (χ0v) is 32.4. The molecule has 1 atom stereocenters. The monoisotopic (exact) mass is 681 g/mol. The van der Waals surface area contributed by atoms with Crippen LogP contribution in [0.1, 0.15) is 227 Å². The van der Waals surface area contributed by atoms with E-state index in [0.717, 1.165) is 70.1 Å². The molecule has 0 amide bonds. The van der Waals surface area contributed by atoms with Gasteiger partial charge in [0.2, 0.25) is 0 Å². The number of hydrogen-bond acceptors (Lipinski definition) is 6. The van der Waals surface area contributed by atoms with E-state index in [4.69, 9.17) is 14.2 Å². The summed E-state index contributed by atoms with van der Waals surface area (Å²) in [7, 11) is 0. The van der Waals surface area contributed by atoms with Crippen molar-refractivity contribution < 1.29 is 28.6 Å². The van der Waals surface area contributed by atoms with E-state index in [1.807, 2.05) is 0 Å². The molecule has 0 unspecified atom stereocenters. The summed E-state index contributed by atoms with van der Waals surface area (Å²) in [6, 6.07) is 0. The molecule has 0 aromatic carbocycles. The molecule has 0 aliphatic heterocycles. The molecule has 6 heteroatoms. The standard InChI is InChI=1S/C42H80O6/c1-5-7-9-11-21-26-30-34-41(44)47-37-39(36-46-40(43)33-29-24-10-8-6-2)48-42(45)35-31-27-23-20-18-16-14-12-13-15-17-19-22-25-28-32-38(3)4/h38-39H,5-37H2,1-4H3/t39-/m1/s1. The Kier molecular flexibility index (Phi) is 35.5. The average molecular weight is 681 g/mol. The number of ether oxygens (including phenoxy) is 3. The van der Waals surface area contributed by atoms with Crippen LogP contribution in [-0.2, 0) is 28.6 Å². The van der Waals surface area contributed by atoms with Gasteiger partial charge in [0.15, 0.2) is 6.10 Å². The van der Waals surface area contributed by atoms with Crippen LogP contribution in [0, 0.1) is 5.92 Å². The van der Waals surface area contributed by atoms with Crippen LogP contribution in [0.4, 0.5) is 0 Å². The van der Waals surface area contributed by atoms with Gasteiger partial charge in [-0.3, -0.25) is 14.4 Å². The van der Waals surface area contributed by atoms with E-state index < -0.39 is 6.10 Å². The summed E-state index contributed by atoms with van der Waals surface area (Å²) in [6.45, 7) is 8.87. The first-order valence-corrected chi connectivity index (χ1v) is 20.9. The van der Waals surface area contributed by atoms with E-state index in [1.165, 1.54) is 116 Å². The van der Waals surface area contributed by atoms with E-state index in [2.05, 4.69) is 27.7 Å². The molecule has 0 saturated carbocycles. The largest absolute Gasteiger partial charge is 0.462 e. The van der Waals surface area contributed by atoms with E-state index in [-0.39, 0.29) is 31.1 Å². The van der Waals surface area contributed by atoms with E-state index >= 15 is 0 Å². The minimum atomic E-state index is -0.755. The van der Waals surface area contributed by atoms with Crippen molar-refractivity contribution >= 4 is 17.9 Å². The summed E-state index contributed by atoms with van der Waals surface area (Å²) in [5, 5.41) is 0. The van der Waals surface area contributed by atoms with Crippen LogP contribution >= 0.6 is 0 Å². The van der Waals surface area contributed by atoms with Crippen molar-refractivity contribution in [2.24, 2.45) is 5.92 Å². The predicted octanol–water partition coefficient (Wildman–Crippen LogP) is 12.8. The summed E-state index contributed by atoms with van der Waals surface area (Å²) in [5.41, 5.74) is 0. The van der Waals surface area contributed by atoms with Crippen LogP contribution in [-0.4, -0.2) is 37.2 Å². The highest BCUT2D eigenvalue weighted by Gasteiger charge is 2.19. The summed E-state index contributed by atoms with van der Waals surface area (Å²) in [6.07, 6.45) is 34.2. The SMILES string of the molecule is CCCCCCCCCC(=O)OC[C@@H](COC(=O)CCCCCCC)OC(=O)CCCCCCCCCCCCCCCCCC(C)C. The molecule has 0 radical (unpaired) electrons. The lowest BCUT2D eigenvalue weighted by Gasteiger charge is -2.18. The first kappa shape index (κ1) is 46.4. The number of unbranched alkanes of at least 4 members (excludes halogenated alkanes) is 24.